The first-order valence-corrected chi connectivity index (χ1v) is 7.31. The van der Waals surface area contributed by atoms with Gasteiger partial charge in [-0.2, -0.15) is 13.2 Å². The van der Waals surface area contributed by atoms with Crippen LogP contribution in [0.1, 0.15) is 57.6 Å². The fourth-order valence-electron chi connectivity index (χ4n) is 3.61. The summed E-state index contributed by atoms with van der Waals surface area (Å²) in [5, 5.41) is 11.1. The molecule has 1 aromatic heterocycles. The van der Waals surface area contributed by atoms with Gasteiger partial charge < -0.3 is 5.11 Å². The van der Waals surface area contributed by atoms with Crippen molar-refractivity contribution < 1.29 is 18.3 Å². The highest BCUT2D eigenvalue weighted by Gasteiger charge is 2.49. The monoisotopic (exact) mass is 301 g/mol. The highest BCUT2D eigenvalue weighted by Crippen LogP contribution is 2.51. The number of pyridine rings is 1. The molecular weight excluding hydrogens is 279 g/mol. The lowest BCUT2D eigenvalue weighted by atomic mass is 9.61. The van der Waals surface area contributed by atoms with Crippen LogP contribution >= 0.6 is 0 Å². The summed E-state index contributed by atoms with van der Waals surface area (Å²) in [4.78, 5) is 3.84. The van der Waals surface area contributed by atoms with E-state index < -0.39 is 17.3 Å². The predicted molar refractivity (Wildman–Crippen MR) is 74.5 cm³/mol. The van der Waals surface area contributed by atoms with Gasteiger partial charge in [0.15, 0.2) is 0 Å². The number of rotatable bonds is 1. The Hall–Kier alpha value is -1.10. The summed E-state index contributed by atoms with van der Waals surface area (Å²) in [6.45, 7) is 5.91. The van der Waals surface area contributed by atoms with Crippen molar-refractivity contribution in [1.82, 2.24) is 4.98 Å². The third-order valence-corrected chi connectivity index (χ3v) is 4.52. The number of hydrogen-bond donors (Lipinski definition) is 1. The van der Waals surface area contributed by atoms with E-state index in [-0.39, 0.29) is 16.9 Å². The topological polar surface area (TPSA) is 33.1 Å². The Bertz CT molecular complexity index is 507. The van der Waals surface area contributed by atoms with E-state index in [1.54, 1.807) is 0 Å². The van der Waals surface area contributed by atoms with Gasteiger partial charge in [0.1, 0.15) is 0 Å². The summed E-state index contributed by atoms with van der Waals surface area (Å²) in [5.74, 6) is -0.218. The fourth-order valence-corrected chi connectivity index (χ4v) is 3.61. The molecule has 2 atom stereocenters. The smallest absolute Gasteiger partial charge is 0.385 e. The Balaban J connectivity index is 2.57. The van der Waals surface area contributed by atoms with Crippen LogP contribution in [0.5, 0.6) is 0 Å². The van der Waals surface area contributed by atoms with Gasteiger partial charge >= 0.3 is 6.18 Å². The maximum absolute atomic E-state index is 13.3. The molecular formula is C16H22F3NO. The van der Waals surface area contributed by atoms with Gasteiger partial charge in [-0.05, 0) is 30.2 Å². The zero-order valence-electron chi connectivity index (χ0n) is 12.7. The summed E-state index contributed by atoms with van der Waals surface area (Å²) in [6.07, 6.45) is 0.586. The number of aliphatic hydroxyl groups is 1. The molecule has 1 aliphatic carbocycles. The molecule has 21 heavy (non-hydrogen) atoms. The van der Waals surface area contributed by atoms with Gasteiger partial charge in [-0.3, -0.25) is 4.98 Å². The minimum atomic E-state index is -4.48. The van der Waals surface area contributed by atoms with Crippen molar-refractivity contribution >= 4 is 0 Å². The van der Waals surface area contributed by atoms with Crippen molar-refractivity contribution in [2.24, 2.45) is 11.3 Å². The van der Waals surface area contributed by atoms with Crippen LogP contribution in [0.2, 0.25) is 0 Å². The van der Waals surface area contributed by atoms with Crippen LogP contribution in [0.4, 0.5) is 13.2 Å². The standard InChI is InChI=1S/C16H22F3NO/c1-14(2,3)13-6-4-5-8-15(13,21)12-10-20-9-7-11(12)16(17,18)19/h7,9-10,13,21H,4-6,8H2,1-3H3. The lowest BCUT2D eigenvalue weighted by Crippen LogP contribution is -2.45. The molecule has 2 unspecified atom stereocenters. The third-order valence-electron chi connectivity index (χ3n) is 4.52. The first-order chi connectivity index (χ1) is 9.57. The van der Waals surface area contributed by atoms with E-state index in [0.717, 1.165) is 31.5 Å². The van der Waals surface area contributed by atoms with Crippen LogP contribution in [-0.4, -0.2) is 10.1 Å². The molecule has 0 saturated heterocycles. The average molecular weight is 301 g/mol. The summed E-state index contributed by atoms with van der Waals surface area (Å²) in [5.41, 5.74) is -2.57. The SMILES string of the molecule is CC(C)(C)C1CCCCC1(O)c1cnccc1C(F)(F)F. The number of halogens is 3. The van der Waals surface area contributed by atoms with E-state index in [1.165, 1.54) is 6.20 Å². The van der Waals surface area contributed by atoms with Crippen molar-refractivity contribution in [3.05, 3.63) is 29.6 Å². The van der Waals surface area contributed by atoms with E-state index in [4.69, 9.17) is 0 Å². The molecule has 2 rings (SSSR count). The second kappa shape index (κ2) is 5.27. The maximum atomic E-state index is 13.3. The van der Waals surface area contributed by atoms with Gasteiger partial charge in [0.25, 0.3) is 0 Å². The second-order valence-corrected chi connectivity index (χ2v) is 7.01. The quantitative estimate of drug-likeness (QED) is 0.827. The Kier molecular flexibility index (Phi) is 4.08. The van der Waals surface area contributed by atoms with Gasteiger partial charge in [0.2, 0.25) is 0 Å². The van der Waals surface area contributed by atoms with E-state index in [9.17, 15) is 18.3 Å². The van der Waals surface area contributed by atoms with E-state index in [2.05, 4.69) is 4.98 Å². The molecule has 0 aromatic carbocycles. The minimum absolute atomic E-state index is 0.0721. The van der Waals surface area contributed by atoms with Gasteiger partial charge in [0.05, 0.1) is 11.2 Å². The van der Waals surface area contributed by atoms with Crippen LogP contribution < -0.4 is 0 Å². The zero-order chi connectivity index (χ0) is 15.9. The predicted octanol–water partition coefficient (Wildman–Crippen LogP) is 4.52. The third kappa shape index (κ3) is 3.07. The Labute approximate surface area is 123 Å². The number of hydrogen-bond acceptors (Lipinski definition) is 2. The van der Waals surface area contributed by atoms with Gasteiger partial charge in [-0.25, -0.2) is 0 Å². The molecule has 0 aliphatic heterocycles. The summed E-state index contributed by atoms with van der Waals surface area (Å²) in [7, 11) is 0. The van der Waals surface area contributed by atoms with Crippen LogP contribution in [0, 0.1) is 11.3 Å². The van der Waals surface area contributed by atoms with Crippen molar-refractivity contribution in [1.29, 1.82) is 0 Å². The highest BCUT2D eigenvalue weighted by atomic mass is 19.4. The second-order valence-electron chi connectivity index (χ2n) is 7.01. The summed E-state index contributed by atoms with van der Waals surface area (Å²) >= 11 is 0. The number of alkyl halides is 3. The molecule has 0 radical (unpaired) electrons. The lowest BCUT2D eigenvalue weighted by Gasteiger charge is -2.47. The minimum Gasteiger partial charge on any atom is -0.385 e. The maximum Gasteiger partial charge on any atom is 0.416 e. The Morgan fingerprint density at radius 2 is 1.90 bits per heavy atom. The largest absolute Gasteiger partial charge is 0.416 e. The van der Waals surface area contributed by atoms with Crippen LogP contribution in [0.15, 0.2) is 18.5 Å². The van der Waals surface area contributed by atoms with E-state index in [0.29, 0.717) is 6.42 Å². The molecule has 1 heterocycles. The molecule has 118 valence electrons. The molecule has 1 aliphatic rings. The first-order valence-electron chi connectivity index (χ1n) is 7.31. The molecule has 5 heteroatoms. The number of nitrogens with zero attached hydrogens (tertiary/aromatic N) is 1. The summed E-state index contributed by atoms with van der Waals surface area (Å²) in [6, 6.07) is 0.960. The highest BCUT2D eigenvalue weighted by molar-refractivity contribution is 5.33. The normalized spacial score (nSPS) is 27.7. The van der Waals surface area contributed by atoms with Gasteiger partial charge in [-0.15, -0.1) is 0 Å². The molecule has 1 saturated carbocycles. The van der Waals surface area contributed by atoms with Crippen LogP contribution in [0.3, 0.4) is 0 Å². The van der Waals surface area contributed by atoms with Crippen LogP contribution in [-0.2, 0) is 11.8 Å². The fraction of sp³-hybridized carbons (Fsp3) is 0.688. The summed E-state index contributed by atoms with van der Waals surface area (Å²) < 4.78 is 39.8. The Morgan fingerprint density at radius 3 is 2.48 bits per heavy atom. The lowest BCUT2D eigenvalue weighted by molar-refractivity contribution is -0.147. The van der Waals surface area contributed by atoms with Crippen molar-refractivity contribution in [2.75, 3.05) is 0 Å². The van der Waals surface area contributed by atoms with Crippen LogP contribution in [0.25, 0.3) is 0 Å². The van der Waals surface area contributed by atoms with E-state index in [1.807, 2.05) is 20.8 Å². The van der Waals surface area contributed by atoms with Crippen molar-refractivity contribution in [3.8, 4) is 0 Å². The number of aromatic nitrogens is 1. The van der Waals surface area contributed by atoms with Crippen molar-refractivity contribution in [3.63, 3.8) is 0 Å². The molecule has 1 fully saturated rings. The van der Waals surface area contributed by atoms with Gasteiger partial charge in [0, 0.05) is 18.0 Å². The first kappa shape index (κ1) is 16.3. The van der Waals surface area contributed by atoms with Crippen molar-refractivity contribution in [2.45, 2.75) is 58.2 Å². The van der Waals surface area contributed by atoms with Gasteiger partial charge in [-0.1, -0.05) is 33.6 Å². The zero-order valence-corrected chi connectivity index (χ0v) is 12.7. The van der Waals surface area contributed by atoms with E-state index >= 15 is 0 Å². The molecule has 1 aromatic rings. The molecule has 2 nitrogen and oxygen atoms in total. The molecule has 0 spiro atoms. The molecule has 0 amide bonds. The molecule has 1 N–H and O–H groups in total. The Morgan fingerprint density at radius 1 is 1.24 bits per heavy atom. The molecule has 0 bridgehead atoms. The average Bonchev–Trinajstić information content (AvgIpc) is 2.37.